The molecule has 2 N–H and O–H groups in total. The summed E-state index contributed by atoms with van der Waals surface area (Å²) in [5.41, 5.74) is 0.476. The summed E-state index contributed by atoms with van der Waals surface area (Å²) in [6.07, 6.45) is 0.841. The molecule has 1 aromatic carbocycles. The zero-order valence-corrected chi connectivity index (χ0v) is 10.7. The highest BCUT2D eigenvalue weighted by atomic mass is 16.5. The second kappa shape index (κ2) is 5.08. The first-order valence-corrected chi connectivity index (χ1v) is 6.20. The van der Waals surface area contributed by atoms with Crippen LogP contribution >= 0.6 is 0 Å². The van der Waals surface area contributed by atoms with E-state index >= 15 is 0 Å². The molecule has 2 rings (SSSR count). The van der Waals surface area contributed by atoms with Crippen molar-refractivity contribution in [3.05, 3.63) is 35.9 Å². The molecule has 0 radical (unpaired) electrons. The first-order chi connectivity index (χ1) is 8.53. The molecule has 0 saturated carbocycles. The van der Waals surface area contributed by atoms with Gasteiger partial charge in [0.2, 0.25) is 0 Å². The fourth-order valence-corrected chi connectivity index (χ4v) is 2.29. The molecule has 0 amide bonds. The smallest absolute Gasteiger partial charge is 0.325 e. The van der Waals surface area contributed by atoms with E-state index in [1.807, 2.05) is 44.2 Å². The van der Waals surface area contributed by atoms with Gasteiger partial charge in [-0.3, -0.25) is 10.1 Å². The van der Waals surface area contributed by atoms with Gasteiger partial charge in [0.15, 0.2) is 0 Å². The summed E-state index contributed by atoms with van der Waals surface area (Å²) in [4.78, 5) is 11.4. The van der Waals surface area contributed by atoms with Crippen LogP contribution in [0, 0.1) is 0 Å². The van der Waals surface area contributed by atoms with Gasteiger partial charge in [0.05, 0.1) is 6.10 Å². The Balaban J connectivity index is 2.20. The standard InChI is InChI=1S/C14H19NO3/c1-10-14(2,8-9-18-10)15-12(13(16)17)11-6-4-3-5-7-11/h3-7,10,12,15H,8-9H2,1-2H3,(H,16,17). The van der Waals surface area contributed by atoms with E-state index in [2.05, 4.69) is 5.32 Å². The van der Waals surface area contributed by atoms with Crippen LogP contribution in [0.2, 0.25) is 0 Å². The lowest BCUT2D eigenvalue weighted by Gasteiger charge is -2.32. The second-order valence-corrected chi connectivity index (χ2v) is 5.01. The van der Waals surface area contributed by atoms with Crippen molar-refractivity contribution in [2.45, 2.75) is 38.0 Å². The van der Waals surface area contributed by atoms with Gasteiger partial charge in [0.1, 0.15) is 6.04 Å². The zero-order chi connectivity index (χ0) is 13.2. The molecule has 3 atom stereocenters. The minimum atomic E-state index is -0.860. The highest BCUT2D eigenvalue weighted by Crippen LogP contribution is 2.28. The maximum absolute atomic E-state index is 11.4. The van der Waals surface area contributed by atoms with Crippen LogP contribution in [0.5, 0.6) is 0 Å². The molecular formula is C14H19NO3. The number of hydrogen-bond acceptors (Lipinski definition) is 3. The topological polar surface area (TPSA) is 58.6 Å². The summed E-state index contributed by atoms with van der Waals surface area (Å²) < 4.78 is 5.53. The Labute approximate surface area is 107 Å². The van der Waals surface area contributed by atoms with E-state index in [1.165, 1.54) is 0 Å². The fraction of sp³-hybridized carbons (Fsp3) is 0.500. The van der Waals surface area contributed by atoms with Gasteiger partial charge in [-0.25, -0.2) is 0 Å². The quantitative estimate of drug-likeness (QED) is 0.856. The van der Waals surface area contributed by atoms with E-state index in [0.29, 0.717) is 6.61 Å². The van der Waals surface area contributed by atoms with Gasteiger partial charge in [0, 0.05) is 12.1 Å². The highest BCUT2D eigenvalue weighted by molar-refractivity contribution is 5.75. The third kappa shape index (κ3) is 2.54. The number of benzene rings is 1. The van der Waals surface area contributed by atoms with Crippen molar-refractivity contribution >= 4 is 5.97 Å². The first kappa shape index (κ1) is 13.1. The van der Waals surface area contributed by atoms with Crippen molar-refractivity contribution in [1.82, 2.24) is 5.32 Å². The van der Waals surface area contributed by atoms with Crippen LogP contribution in [0.15, 0.2) is 30.3 Å². The van der Waals surface area contributed by atoms with Gasteiger partial charge < -0.3 is 9.84 Å². The number of carboxylic acid groups (broad SMARTS) is 1. The Bertz CT molecular complexity index is 420. The molecule has 1 aliphatic rings. The number of ether oxygens (including phenoxy) is 1. The number of aliphatic carboxylic acids is 1. The van der Waals surface area contributed by atoms with E-state index in [9.17, 15) is 9.90 Å². The van der Waals surface area contributed by atoms with E-state index < -0.39 is 12.0 Å². The van der Waals surface area contributed by atoms with Gasteiger partial charge >= 0.3 is 5.97 Å². The maximum atomic E-state index is 11.4. The molecule has 0 aromatic heterocycles. The summed E-state index contributed by atoms with van der Waals surface area (Å²) in [5, 5.41) is 12.6. The zero-order valence-electron chi connectivity index (χ0n) is 10.7. The van der Waals surface area contributed by atoms with Crippen LogP contribution in [-0.4, -0.2) is 29.3 Å². The minimum Gasteiger partial charge on any atom is -0.480 e. The van der Waals surface area contributed by atoms with Crippen LogP contribution in [-0.2, 0) is 9.53 Å². The van der Waals surface area contributed by atoms with Crippen molar-refractivity contribution in [3.63, 3.8) is 0 Å². The van der Waals surface area contributed by atoms with Crippen molar-refractivity contribution < 1.29 is 14.6 Å². The predicted octanol–water partition coefficient (Wildman–Crippen LogP) is 1.97. The molecule has 98 valence electrons. The fourth-order valence-electron chi connectivity index (χ4n) is 2.29. The summed E-state index contributed by atoms with van der Waals surface area (Å²) in [7, 11) is 0. The highest BCUT2D eigenvalue weighted by Gasteiger charge is 2.40. The van der Waals surface area contributed by atoms with Crippen molar-refractivity contribution in [1.29, 1.82) is 0 Å². The maximum Gasteiger partial charge on any atom is 0.325 e. The van der Waals surface area contributed by atoms with Crippen LogP contribution < -0.4 is 5.32 Å². The van der Waals surface area contributed by atoms with Crippen LogP contribution in [0.3, 0.4) is 0 Å². The van der Waals surface area contributed by atoms with Gasteiger partial charge in [-0.1, -0.05) is 30.3 Å². The number of carboxylic acids is 1. The Morgan fingerprint density at radius 2 is 2.17 bits per heavy atom. The minimum absolute atomic E-state index is 0.0167. The number of hydrogen-bond donors (Lipinski definition) is 2. The summed E-state index contributed by atoms with van der Waals surface area (Å²) in [5.74, 6) is -0.860. The average Bonchev–Trinajstić information content (AvgIpc) is 2.68. The Hall–Kier alpha value is -1.39. The van der Waals surface area contributed by atoms with Crippen molar-refractivity contribution in [2.75, 3.05) is 6.61 Å². The lowest BCUT2D eigenvalue weighted by Crippen LogP contribution is -2.51. The molecule has 1 heterocycles. The van der Waals surface area contributed by atoms with E-state index in [-0.39, 0.29) is 11.6 Å². The molecule has 0 aliphatic carbocycles. The molecule has 4 heteroatoms. The molecule has 3 unspecified atom stereocenters. The lowest BCUT2D eigenvalue weighted by molar-refractivity contribution is -0.140. The molecule has 4 nitrogen and oxygen atoms in total. The summed E-state index contributed by atoms with van der Waals surface area (Å²) in [6, 6.07) is 8.55. The van der Waals surface area contributed by atoms with Gasteiger partial charge in [0.25, 0.3) is 0 Å². The Morgan fingerprint density at radius 1 is 1.50 bits per heavy atom. The third-order valence-corrected chi connectivity index (χ3v) is 3.74. The summed E-state index contributed by atoms with van der Waals surface area (Å²) >= 11 is 0. The van der Waals surface area contributed by atoms with E-state index in [0.717, 1.165) is 12.0 Å². The monoisotopic (exact) mass is 249 g/mol. The molecule has 18 heavy (non-hydrogen) atoms. The van der Waals surface area contributed by atoms with Gasteiger partial charge in [-0.05, 0) is 25.8 Å². The van der Waals surface area contributed by atoms with Crippen LogP contribution in [0.1, 0.15) is 31.9 Å². The van der Waals surface area contributed by atoms with Crippen LogP contribution in [0.4, 0.5) is 0 Å². The van der Waals surface area contributed by atoms with Crippen molar-refractivity contribution in [3.8, 4) is 0 Å². The van der Waals surface area contributed by atoms with E-state index in [1.54, 1.807) is 0 Å². The van der Waals surface area contributed by atoms with Gasteiger partial charge in [-0.2, -0.15) is 0 Å². The molecule has 1 aliphatic heterocycles. The normalized spacial score (nSPS) is 29.1. The third-order valence-electron chi connectivity index (χ3n) is 3.74. The summed E-state index contributed by atoms with van der Waals surface area (Å²) in [6.45, 7) is 4.67. The molecule has 0 bridgehead atoms. The Kier molecular flexibility index (Phi) is 3.68. The number of nitrogens with one attached hydrogen (secondary N) is 1. The van der Waals surface area contributed by atoms with E-state index in [4.69, 9.17) is 4.74 Å². The molecule has 1 fully saturated rings. The largest absolute Gasteiger partial charge is 0.480 e. The molecule has 1 saturated heterocycles. The number of rotatable bonds is 4. The number of carbonyl (C=O) groups is 1. The van der Waals surface area contributed by atoms with Gasteiger partial charge in [-0.15, -0.1) is 0 Å². The second-order valence-electron chi connectivity index (χ2n) is 5.01. The average molecular weight is 249 g/mol. The molecule has 0 spiro atoms. The SMILES string of the molecule is CC1OCCC1(C)NC(C(=O)O)c1ccccc1. The lowest BCUT2D eigenvalue weighted by atomic mass is 9.92. The van der Waals surface area contributed by atoms with Crippen molar-refractivity contribution in [2.24, 2.45) is 0 Å². The Morgan fingerprint density at radius 3 is 2.67 bits per heavy atom. The molecular weight excluding hydrogens is 230 g/mol. The predicted molar refractivity (Wildman–Crippen MR) is 68.4 cm³/mol. The van der Waals surface area contributed by atoms with Crippen LogP contribution in [0.25, 0.3) is 0 Å². The first-order valence-electron chi connectivity index (χ1n) is 6.20. The molecule has 1 aromatic rings.